The lowest BCUT2D eigenvalue weighted by Crippen LogP contribution is -2.19. The van der Waals surface area contributed by atoms with Crippen LogP contribution in [-0.4, -0.2) is 29.1 Å². The van der Waals surface area contributed by atoms with Gasteiger partial charge in [-0.05, 0) is 18.2 Å². The van der Waals surface area contributed by atoms with Crippen LogP contribution in [0.5, 0.6) is 11.5 Å². The average molecular weight is 409 g/mol. The highest BCUT2D eigenvalue weighted by molar-refractivity contribution is 5.99. The molecule has 3 N–H and O–H groups in total. The number of pyridine rings is 1. The van der Waals surface area contributed by atoms with Crippen molar-refractivity contribution in [2.24, 2.45) is 0 Å². The summed E-state index contributed by atoms with van der Waals surface area (Å²) in [5.41, 5.74) is 0.552. The van der Waals surface area contributed by atoms with Crippen LogP contribution < -0.4 is 20.7 Å². The number of amides is 3. The molecule has 2 aromatic heterocycles. The Bertz CT molecular complexity index is 1060. The van der Waals surface area contributed by atoms with Crippen molar-refractivity contribution in [2.75, 3.05) is 17.7 Å². The molecule has 0 radical (unpaired) electrons. The molecule has 3 aromatic rings. The number of carbonyl (C=O) groups excluding carboxylic acids is 2. The predicted octanol–water partition coefficient (Wildman–Crippen LogP) is 4.16. The van der Waals surface area contributed by atoms with Gasteiger partial charge in [0.05, 0.1) is 0 Å². The van der Waals surface area contributed by atoms with Crippen LogP contribution in [0.2, 0.25) is 0 Å². The van der Waals surface area contributed by atoms with Gasteiger partial charge >= 0.3 is 6.03 Å². The highest BCUT2D eigenvalue weighted by atomic mass is 16.5. The van der Waals surface area contributed by atoms with Crippen molar-refractivity contribution in [2.45, 2.75) is 26.2 Å². The minimum atomic E-state index is -0.466. The summed E-state index contributed by atoms with van der Waals surface area (Å²) in [6.45, 7) is 5.97. The minimum Gasteiger partial charge on any atom is -0.457 e. The zero-order valence-corrected chi connectivity index (χ0v) is 17.1. The van der Waals surface area contributed by atoms with E-state index in [9.17, 15) is 9.59 Å². The molecule has 0 unspecified atom stereocenters. The topological polar surface area (TPSA) is 118 Å². The predicted molar refractivity (Wildman–Crippen MR) is 112 cm³/mol. The van der Waals surface area contributed by atoms with Crippen LogP contribution >= 0.6 is 0 Å². The van der Waals surface area contributed by atoms with Crippen molar-refractivity contribution in [3.8, 4) is 11.5 Å². The highest BCUT2D eigenvalue weighted by Crippen LogP contribution is 2.26. The summed E-state index contributed by atoms with van der Waals surface area (Å²) in [6.07, 6.45) is 1.49. The molecule has 0 atom stereocenters. The fourth-order valence-electron chi connectivity index (χ4n) is 2.47. The van der Waals surface area contributed by atoms with Gasteiger partial charge in [0.15, 0.2) is 5.82 Å². The third-order valence-electron chi connectivity index (χ3n) is 4.01. The van der Waals surface area contributed by atoms with Gasteiger partial charge in [-0.3, -0.25) is 15.1 Å². The van der Waals surface area contributed by atoms with Crippen molar-refractivity contribution in [1.82, 2.24) is 15.5 Å². The molecule has 9 nitrogen and oxygen atoms in total. The van der Waals surface area contributed by atoms with E-state index in [1.54, 1.807) is 36.4 Å². The van der Waals surface area contributed by atoms with E-state index in [-0.39, 0.29) is 17.0 Å². The Kier molecular flexibility index (Phi) is 6.01. The Morgan fingerprint density at radius 1 is 1.03 bits per heavy atom. The molecule has 1 aromatic carbocycles. The Morgan fingerprint density at radius 2 is 1.80 bits per heavy atom. The molecular weight excluding hydrogens is 386 g/mol. The number of nitrogens with zero attached hydrogens (tertiary/aromatic N) is 2. The van der Waals surface area contributed by atoms with Gasteiger partial charge in [0, 0.05) is 42.5 Å². The van der Waals surface area contributed by atoms with Gasteiger partial charge in [-0.15, -0.1) is 0 Å². The first-order valence-corrected chi connectivity index (χ1v) is 9.26. The van der Waals surface area contributed by atoms with Gasteiger partial charge in [-0.1, -0.05) is 32.0 Å². The smallest absolute Gasteiger partial charge is 0.324 e. The fraction of sp³-hybridized carbons (Fsp3) is 0.238. The van der Waals surface area contributed by atoms with Gasteiger partial charge in [0.2, 0.25) is 0 Å². The third kappa shape index (κ3) is 5.34. The van der Waals surface area contributed by atoms with Gasteiger partial charge < -0.3 is 19.9 Å². The zero-order chi connectivity index (χ0) is 21.7. The second-order valence-corrected chi connectivity index (χ2v) is 7.49. The average Bonchev–Trinajstić information content (AvgIpc) is 3.16. The number of urea groups is 1. The number of aromatic nitrogens is 2. The molecule has 0 spiro atoms. The van der Waals surface area contributed by atoms with Gasteiger partial charge in [0.25, 0.3) is 5.91 Å². The molecule has 0 aliphatic heterocycles. The molecule has 9 heteroatoms. The molecule has 3 amide bonds. The number of carbonyl (C=O) groups is 2. The van der Waals surface area contributed by atoms with E-state index in [1.807, 2.05) is 20.8 Å². The molecular formula is C21H23N5O4. The van der Waals surface area contributed by atoms with E-state index in [2.05, 4.69) is 26.1 Å². The summed E-state index contributed by atoms with van der Waals surface area (Å²) in [7, 11) is 1.53. The maximum absolute atomic E-state index is 12.3. The largest absolute Gasteiger partial charge is 0.457 e. The molecule has 0 aliphatic carbocycles. The molecule has 156 valence electrons. The number of hydrogen-bond acceptors (Lipinski definition) is 6. The van der Waals surface area contributed by atoms with Gasteiger partial charge in [-0.25, -0.2) is 4.79 Å². The van der Waals surface area contributed by atoms with E-state index in [0.29, 0.717) is 28.8 Å². The Labute approximate surface area is 173 Å². The number of nitrogens with one attached hydrogen (secondary N) is 3. The molecule has 0 saturated heterocycles. The normalized spacial score (nSPS) is 10.9. The van der Waals surface area contributed by atoms with Crippen molar-refractivity contribution in [3.63, 3.8) is 0 Å². The number of ether oxygens (including phenoxy) is 1. The van der Waals surface area contributed by atoms with Gasteiger partial charge in [0.1, 0.15) is 23.0 Å². The van der Waals surface area contributed by atoms with Crippen molar-refractivity contribution < 1.29 is 18.8 Å². The first-order chi connectivity index (χ1) is 14.2. The van der Waals surface area contributed by atoms with Crippen LogP contribution in [-0.2, 0) is 5.41 Å². The fourth-order valence-corrected chi connectivity index (χ4v) is 2.47. The van der Waals surface area contributed by atoms with Crippen LogP contribution in [0.15, 0.2) is 53.2 Å². The summed E-state index contributed by atoms with van der Waals surface area (Å²) >= 11 is 0. The van der Waals surface area contributed by atoms with Crippen molar-refractivity contribution in [1.29, 1.82) is 0 Å². The van der Waals surface area contributed by atoms with E-state index in [1.165, 1.54) is 19.3 Å². The van der Waals surface area contributed by atoms with Crippen molar-refractivity contribution >= 4 is 23.4 Å². The van der Waals surface area contributed by atoms with Crippen LogP contribution in [0.4, 0.5) is 16.3 Å². The lowest BCUT2D eigenvalue weighted by Gasteiger charge is -2.12. The zero-order valence-electron chi connectivity index (χ0n) is 17.1. The molecule has 3 rings (SSSR count). The molecule has 0 saturated carbocycles. The summed E-state index contributed by atoms with van der Waals surface area (Å²) in [4.78, 5) is 28.0. The Morgan fingerprint density at radius 3 is 2.50 bits per heavy atom. The minimum absolute atomic E-state index is 0.209. The SMILES string of the molecule is CNC(=O)c1cc(Oc2cccc(NC(=O)Nc3cc(C(C)(C)C)on3)c2)ccn1. The second-order valence-electron chi connectivity index (χ2n) is 7.49. The van der Waals surface area contributed by atoms with Crippen LogP contribution in [0.3, 0.4) is 0 Å². The lowest BCUT2D eigenvalue weighted by atomic mass is 9.93. The molecule has 30 heavy (non-hydrogen) atoms. The van der Waals surface area contributed by atoms with E-state index in [4.69, 9.17) is 9.26 Å². The summed E-state index contributed by atoms with van der Waals surface area (Å²) in [5.74, 6) is 1.61. The highest BCUT2D eigenvalue weighted by Gasteiger charge is 2.20. The van der Waals surface area contributed by atoms with Crippen LogP contribution in [0, 0.1) is 0 Å². The number of rotatable bonds is 5. The van der Waals surface area contributed by atoms with E-state index < -0.39 is 6.03 Å². The summed E-state index contributed by atoms with van der Waals surface area (Å²) < 4.78 is 11.0. The number of hydrogen-bond donors (Lipinski definition) is 3. The first-order valence-electron chi connectivity index (χ1n) is 9.26. The molecule has 2 heterocycles. The summed E-state index contributed by atoms with van der Waals surface area (Å²) in [6, 6.07) is 11.2. The van der Waals surface area contributed by atoms with Crippen LogP contribution in [0.1, 0.15) is 37.0 Å². The van der Waals surface area contributed by atoms with Gasteiger partial charge in [-0.2, -0.15) is 0 Å². The monoisotopic (exact) mass is 409 g/mol. The second kappa shape index (κ2) is 8.64. The Balaban J connectivity index is 1.65. The number of benzene rings is 1. The van der Waals surface area contributed by atoms with Crippen molar-refractivity contribution in [3.05, 3.63) is 60.1 Å². The summed E-state index contributed by atoms with van der Waals surface area (Å²) in [5, 5.41) is 11.7. The van der Waals surface area contributed by atoms with E-state index in [0.717, 1.165) is 0 Å². The van der Waals surface area contributed by atoms with Crippen LogP contribution in [0.25, 0.3) is 0 Å². The molecule has 0 fully saturated rings. The quantitative estimate of drug-likeness (QED) is 0.582. The third-order valence-corrected chi connectivity index (χ3v) is 4.01. The number of anilines is 2. The van der Waals surface area contributed by atoms with E-state index >= 15 is 0 Å². The maximum atomic E-state index is 12.3. The lowest BCUT2D eigenvalue weighted by molar-refractivity contribution is 0.0958. The molecule has 0 bridgehead atoms. The molecule has 0 aliphatic rings. The first kappa shape index (κ1) is 20.8. The maximum Gasteiger partial charge on any atom is 0.324 e. The standard InChI is InChI=1S/C21H23N5O4/c1-21(2,3)17-12-18(26-30-17)25-20(28)24-13-6-5-7-14(10-13)29-15-8-9-23-16(11-15)19(27)22-4/h5-12H,1-4H3,(H,22,27)(H2,24,25,26,28). The Hall–Kier alpha value is -3.88.